The molecule has 168 valence electrons. The molecule has 9 nitrogen and oxygen atoms in total. The first-order chi connectivity index (χ1) is 15.5. The van der Waals surface area contributed by atoms with Crippen molar-refractivity contribution >= 4 is 40.0 Å². The first-order valence-electron chi connectivity index (χ1n) is 11.3. The van der Waals surface area contributed by atoms with Gasteiger partial charge in [0.1, 0.15) is 11.2 Å². The lowest BCUT2D eigenvalue weighted by Gasteiger charge is -2.12. The molecule has 0 unspecified atom stereocenters. The third-order valence-electron chi connectivity index (χ3n) is 6.37. The zero-order valence-corrected chi connectivity index (χ0v) is 19.1. The van der Waals surface area contributed by atoms with Crippen LogP contribution in [0.1, 0.15) is 48.8 Å². The summed E-state index contributed by atoms with van der Waals surface area (Å²) in [5.41, 5.74) is 4.00. The van der Waals surface area contributed by atoms with Gasteiger partial charge in [0.2, 0.25) is 0 Å². The van der Waals surface area contributed by atoms with Crippen LogP contribution in [-0.2, 0) is 13.6 Å². The van der Waals surface area contributed by atoms with Crippen LogP contribution < -0.4 is 5.32 Å². The molecule has 2 fully saturated rings. The molecule has 0 aromatic carbocycles. The van der Waals surface area contributed by atoms with E-state index in [4.69, 9.17) is 4.98 Å². The predicted molar refractivity (Wildman–Crippen MR) is 125 cm³/mol. The highest BCUT2D eigenvalue weighted by molar-refractivity contribution is 6.08. The van der Waals surface area contributed by atoms with Crippen molar-refractivity contribution in [2.24, 2.45) is 7.05 Å². The van der Waals surface area contributed by atoms with Gasteiger partial charge in [-0.1, -0.05) is 0 Å². The Morgan fingerprint density at radius 2 is 1.97 bits per heavy atom. The number of aromatic nitrogens is 6. The number of aldehydes is 1. The number of hydrogen-bond acceptors (Lipinski definition) is 6. The number of aryl methyl sites for hydroxylation is 3. The second-order valence-corrected chi connectivity index (χ2v) is 8.87. The minimum Gasteiger partial charge on any atom is -0.333 e. The fourth-order valence-electron chi connectivity index (χ4n) is 4.32. The van der Waals surface area contributed by atoms with Gasteiger partial charge in [0.05, 0.1) is 17.5 Å². The maximum absolute atomic E-state index is 11.4. The summed E-state index contributed by atoms with van der Waals surface area (Å²) in [6.45, 7) is 4.59. The average molecular weight is 435 g/mol. The molecule has 2 saturated carbocycles. The average Bonchev–Trinajstić information content (AvgIpc) is 3.70. The van der Waals surface area contributed by atoms with Gasteiger partial charge in [-0.15, -0.1) is 0 Å². The third kappa shape index (κ3) is 3.77. The monoisotopic (exact) mass is 434 g/mol. The molecule has 32 heavy (non-hydrogen) atoms. The molecule has 0 radical (unpaired) electrons. The Labute approximate surface area is 186 Å². The minimum absolute atomic E-state index is 0.607. The van der Waals surface area contributed by atoms with Crippen LogP contribution in [0.3, 0.4) is 0 Å². The van der Waals surface area contributed by atoms with Crippen molar-refractivity contribution in [3.63, 3.8) is 0 Å². The van der Waals surface area contributed by atoms with E-state index in [1.165, 1.54) is 25.7 Å². The van der Waals surface area contributed by atoms with E-state index in [-0.39, 0.29) is 0 Å². The molecule has 2 aliphatic rings. The number of carbonyl (C=O) groups excluding carboxylic acids is 1. The van der Waals surface area contributed by atoms with Crippen LogP contribution in [0.5, 0.6) is 0 Å². The predicted octanol–water partition coefficient (Wildman–Crippen LogP) is 3.77. The second-order valence-electron chi connectivity index (χ2n) is 8.87. The number of imidazole rings is 1. The van der Waals surface area contributed by atoms with Crippen LogP contribution >= 0.6 is 0 Å². The van der Waals surface area contributed by atoms with Crippen LogP contribution in [0.25, 0.3) is 22.1 Å². The molecule has 4 aromatic heterocycles. The summed E-state index contributed by atoms with van der Waals surface area (Å²) >= 11 is 0. The Kier molecular flexibility index (Phi) is 5.21. The highest BCUT2D eigenvalue weighted by atomic mass is 16.1. The normalized spacial score (nSPS) is 15.9. The Bertz CT molecular complexity index is 1260. The smallest absolute Gasteiger partial charge is 0.166 e. The molecule has 0 saturated heterocycles. The molecule has 2 aliphatic carbocycles. The van der Waals surface area contributed by atoms with E-state index in [1.54, 1.807) is 6.33 Å². The van der Waals surface area contributed by atoms with Gasteiger partial charge < -0.3 is 19.4 Å². The molecule has 9 heteroatoms. The molecule has 0 atom stereocenters. The lowest BCUT2D eigenvalue weighted by Crippen LogP contribution is -2.22. The molecule has 0 aliphatic heterocycles. The number of nitrogens with zero attached hydrogens (tertiary/aromatic N) is 6. The maximum atomic E-state index is 11.4. The molecule has 0 spiro atoms. The van der Waals surface area contributed by atoms with Crippen molar-refractivity contribution in [1.82, 2.24) is 34.2 Å². The van der Waals surface area contributed by atoms with Crippen LogP contribution in [0.15, 0.2) is 18.5 Å². The van der Waals surface area contributed by atoms with Gasteiger partial charge in [-0.2, -0.15) is 5.10 Å². The van der Waals surface area contributed by atoms with E-state index >= 15 is 0 Å². The number of anilines is 2. The van der Waals surface area contributed by atoms with E-state index in [0.717, 1.165) is 46.1 Å². The summed E-state index contributed by atoms with van der Waals surface area (Å²) in [5.74, 6) is 1.30. The van der Waals surface area contributed by atoms with Gasteiger partial charge in [0.25, 0.3) is 0 Å². The Morgan fingerprint density at radius 3 is 2.53 bits per heavy atom. The molecular formula is C23H30N8O. The van der Waals surface area contributed by atoms with Crippen molar-refractivity contribution < 1.29 is 4.79 Å². The third-order valence-corrected chi connectivity index (χ3v) is 6.37. The second kappa shape index (κ2) is 8.05. The topological polar surface area (TPSA) is 96.7 Å². The highest BCUT2D eigenvalue weighted by Crippen LogP contribution is 2.35. The van der Waals surface area contributed by atoms with Gasteiger partial charge in [0.15, 0.2) is 17.9 Å². The molecular weight excluding hydrogens is 404 g/mol. The first kappa shape index (κ1) is 20.7. The summed E-state index contributed by atoms with van der Waals surface area (Å²) in [6.07, 6.45) is 8.47. The van der Waals surface area contributed by atoms with Crippen molar-refractivity contribution in [1.29, 1.82) is 0 Å². The number of carbonyl (C=O) groups is 1. The van der Waals surface area contributed by atoms with Crippen LogP contribution in [-0.4, -0.2) is 59.6 Å². The van der Waals surface area contributed by atoms with Crippen LogP contribution in [0.2, 0.25) is 0 Å². The van der Waals surface area contributed by atoms with Gasteiger partial charge in [-0.3, -0.25) is 9.89 Å². The Balaban J connectivity index is 0.000000225. The first-order valence-corrected chi connectivity index (χ1v) is 11.3. The summed E-state index contributed by atoms with van der Waals surface area (Å²) in [4.78, 5) is 23.1. The van der Waals surface area contributed by atoms with E-state index < -0.39 is 0 Å². The minimum atomic E-state index is 0.607. The number of hydrogen-bond donors (Lipinski definition) is 2. The number of rotatable bonds is 6. The summed E-state index contributed by atoms with van der Waals surface area (Å²) in [5, 5.41) is 11.2. The number of nitrogens with one attached hydrogen (secondary N) is 2. The maximum Gasteiger partial charge on any atom is 0.166 e. The summed E-state index contributed by atoms with van der Waals surface area (Å²) < 4.78 is 3.84. The van der Waals surface area contributed by atoms with Crippen molar-refractivity contribution in [3.05, 3.63) is 29.8 Å². The molecule has 0 amide bonds. The number of aromatic amines is 1. The fourth-order valence-corrected chi connectivity index (χ4v) is 4.32. The lowest BCUT2D eigenvalue weighted by molar-refractivity contribution is 0.111. The van der Waals surface area contributed by atoms with Crippen molar-refractivity contribution in [3.8, 4) is 0 Å². The Morgan fingerprint density at radius 1 is 1.25 bits per heavy atom. The summed E-state index contributed by atoms with van der Waals surface area (Å²) in [6, 6.07) is 5.74. The van der Waals surface area contributed by atoms with Crippen molar-refractivity contribution in [2.75, 3.05) is 12.4 Å². The van der Waals surface area contributed by atoms with Crippen LogP contribution in [0.4, 0.5) is 11.6 Å². The van der Waals surface area contributed by atoms with E-state index in [1.807, 2.05) is 42.2 Å². The largest absolute Gasteiger partial charge is 0.333 e. The van der Waals surface area contributed by atoms with E-state index in [0.29, 0.717) is 23.9 Å². The summed E-state index contributed by atoms with van der Waals surface area (Å²) in [7, 11) is 4.20. The van der Waals surface area contributed by atoms with E-state index in [2.05, 4.69) is 32.4 Å². The molecule has 4 heterocycles. The number of fused-ring (bicyclic) bond motifs is 3. The quantitative estimate of drug-likeness (QED) is 0.449. The zero-order chi connectivity index (χ0) is 22.4. The number of H-pyrrole nitrogens is 1. The van der Waals surface area contributed by atoms with Crippen LogP contribution in [0, 0.1) is 6.92 Å². The van der Waals surface area contributed by atoms with Gasteiger partial charge in [0, 0.05) is 42.8 Å². The van der Waals surface area contributed by atoms with Gasteiger partial charge >= 0.3 is 0 Å². The fraction of sp³-hybridized carbons (Fsp3) is 0.478. The lowest BCUT2D eigenvalue weighted by atomic mass is 10.2. The molecule has 6 rings (SSSR count). The van der Waals surface area contributed by atoms with Gasteiger partial charge in [-0.05, 0) is 52.6 Å². The SMILES string of the molecule is CCn1c(C=O)cc2c3c(ncn3C)c(Nc3cc(C)[nH]n3)nc21.CN(C1CC1)C1CC1. The number of pyridine rings is 1. The highest BCUT2D eigenvalue weighted by Gasteiger charge is 2.36. The van der Waals surface area contributed by atoms with E-state index in [9.17, 15) is 4.79 Å². The standard InChI is InChI=1S/C16H17N7O.C7H13N/c1-4-23-10(7-24)6-11-14-13(17-8-22(14)3)15(19-16(11)23)18-12-5-9(2)20-21-12;1-8(6-2-3-6)7-4-5-7/h5-8H,4H2,1-3H3,(H2,18,19,20,21);6-7H,2-5H2,1H3. The molecule has 4 aromatic rings. The Hall–Kier alpha value is -3.20. The molecule has 0 bridgehead atoms. The molecule has 2 N–H and O–H groups in total. The van der Waals surface area contributed by atoms with Crippen molar-refractivity contribution in [2.45, 2.75) is 58.2 Å². The van der Waals surface area contributed by atoms with Gasteiger partial charge in [-0.25, -0.2) is 9.97 Å². The zero-order valence-electron chi connectivity index (χ0n) is 19.1.